The molecule has 7 nitrogen and oxygen atoms in total. The van der Waals surface area contributed by atoms with Gasteiger partial charge < -0.3 is 0 Å². The first-order chi connectivity index (χ1) is 27.3. The number of rotatable bonds is 6. The molecular formula is C51H55N7. The van der Waals surface area contributed by atoms with Crippen molar-refractivity contribution in [1.29, 1.82) is 0 Å². The van der Waals surface area contributed by atoms with Crippen LogP contribution in [0.5, 0.6) is 0 Å². The van der Waals surface area contributed by atoms with Crippen molar-refractivity contribution in [2.24, 2.45) is 0 Å². The lowest BCUT2D eigenvalue weighted by atomic mass is 9.86. The third kappa shape index (κ3) is 8.64. The quantitative estimate of drug-likeness (QED) is 0.166. The molecule has 0 aliphatic rings. The van der Waals surface area contributed by atoms with Crippen LogP contribution in [0.2, 0.25) is 0 Å². The van der Waals surface area contributed by atoms with Crippen LogP contribution < -0.4 is 0 Å². The first-order valence-corrected chi connectivity index (χ1v) is 20.2. The van der Waals surface area contributed by atoms with E-state index >= 15 is 0 Å². The molecule has 0 radical (unpaired) electrons. The van der Waals surface area contributed by atoms with Gasteiger partial charge in [0.1, 0.15) is 34.2 Å². The molecule has 294 valence electrons. The minimum Gasteiger partial charge on any atom is -0.241 e. The van der Waals surface area contributed by atoms with E-state index in [-0.39, 0.29) is 21.7 Å². The van der Waals surface area contributed by atoms with Crippen molar-refractivity contribution in [2.45, 2.75) is 105 Å². The van der Waals surface area contributed by atoms with Gasteiger partial charge in [-0.25, -0.2) is 15.0 Å². The maximum absolute atomic E-state index is 5.17. The molecule has 0 bridgehead atoms. The number of pyridine rings is 1. The summed E-state index contributed by atoms with van der Waals surface area (Å²) in [4.78, 5) is 15.4. The van der Waals surface area contributed by atoms with Crippen LogP contribution in [0.15, 0.2) is 115 Å². The predicted octanol–water partition coefficient (Wildman–Crippen LogP) is 12.6. The van der Waals surface area contributed by atoms with Crippen molar-refractivity contribution in [3.05, 3.63) is 138 Å². The van der Waals surface area contributed by atoms with Crippen LogP contribution in [0.25, 0.3) is 68.1 Å². The Morgan fingerprint density at radius 2 is 0.534 bits per heavy atom. The Hall–Kier alpha value is -5.95. The Balaban J connectivity index is 1.32. The lowest BCUT2D eigenvalue weighted by Gasteiger charge is -2.20. The van der Waals surface area contributed by atoms with Gasteiger partial charge in [-0.3, -0.25) is 0 Å². The van der Waals surface area contributed by atoms with E-state index in [9.17, 15) is 0 Å². The maximum Gasteiger partial charge on any atom is 0.201 e. The van der Waals surface area contributed by atoms with Crippen LogP contribution in [0.1, 0.15) is 105 Å². The molecule has 0 unspecified atom stereocenters. The van der Waals surface area contributed by atoms with Gasteiger partial charge in [-0.15, -0.1) is 20.4 Å². The third-order valence-corrected chi connectivity index (χ3v) is 10.7. The van der Waals surface area contributed by atoms with Gasteiger partial charge in [-0.2, -0.15) is 0 Å². The molecule has 4 aromatic carbocycles. The largest absolute Gasteiger partial charge is 0.241 e. The second-order valence-corrected chi connectivity index (χ2v) is 19.4. The van der Waals surface area contributed by atoms with E-state index in [0.29, 0.717) is 34.4 Å². The fourth-order valence-corrected chi connectivity index (χ4v) is 6.86. The van der Waals surface area contributed by atoms with E-state index in [2.05, 4.69) is 190 Å². The summed E-state index contributed by atoms with van der Waals surface area (Å²) in [6.07, 6.45) is 0. The van der Waals surface area contributed by atoms with Gasteiger partial charge in [0.2, 0.25) is 11.6 Å². The zero-order chi connectivity index (χ0) is 41.6. The van der Waals surface area contributed by atoms with Crippen LogP contribution in [0.4, 0.5) is 0 Å². The summed E-state index contributed by atoms with van der Waals surface area (Å²) < 4.78 is 0. The van der Waals surface area contributed by atoms with Crippen molar-refractivity contribution >= 4 is 0 Å². The Labute approximate surface area is 344 Å². The molecule has 3 heterocycles. The molecule has 0 amide bonds. The van der Waals surface area contributed by atoms with Crippen LogP contribution in [-0.4, -0.2) is 35.3 Å². The van der Waals surface area contributed by atoms with Gasteiger partial charge in [-0.1, -0.05) is 186 Å². The van der Waals surface area contributed by atoms with Gasteiger partial charge >= 0.3 is 0 Å². The average molecular weight is 766 g/mol. The fraction of sp³-hybridized carbons (Fsp3) is 0.314. The highest BCUT2D eigenvalue weighted by Gasteiger charge is 2.22. The highest BCUT2D eigenvalue weighted by Crippen LogP contribution is 2.36. The molecule has 0 saturated carbocycles. The molecule has 0 aliphatic carbocycles. The highest BCUT2D eigenvalue weighted by molar-refractivity contribution is 5.80. The zero-order valence-electron chi connectivity index (χ0n) is 36.1. The molecule has 0 atom stereocenters. The van der Waals surface area contributed by atoms with E-state index in [0.717, 1.165) is 33.6 Å². The van der Waals surface area contributed by atoms with E-state index in [4.69, 9.17) is 25.1 Å². The Morgan fingerprint density at radius 3 is 0.793 bits per heavy atom. The summed E-state index contributed by atoms with van der Waals surface area (Å²) >= 11 is 0. The summed E-state index contributed by atoms with van der Waals surface area (Å²) in [5, 5.41) is 19.0. The summed E-state index contributed by atoms with van der Waals surface area (Å²) in [5.41, 5.74) is 12.9. The third-order valence-electron chi connectivity index (χ3n) is 10.7. The normalized spacial score (nSPS) is 12.5. The zero-order valence-corrected chi connectivity index (χ0v) is 36.1. The number of nitrogens with zero attached hydrogens (tertiary/aromatic N) is 7. The molecule has 0 N–H and O–H groups in total. The van der Waals surface area contributed by atoms with Crippen LogP contribution in [0.3, 0.4) is 0 Å². The molecule has 7 aromatic rings. The molecule has 58 heavy (non-hydrogen) atoms. The first-order valence-electron chi connectivity index (χ1n) is 20.2. The lowest BCUT2D eigenvalue weighted by Crippen LogP contribution is -2.11. The molecule has 3 aromatic heterocycles. The maximum atomic E-state index is 5.17. The summed E-state index contributed by atoms with van der Waals surface area (Å²) in [6.45, 7) is 26.6. The highest BCUT2D eigenvalue weighted by atomic mass is 15.2. The standard InChI is InChI=1S/C51H55N7/c1-48(2,3)36-24-16-32(17-25-36)42-44(34-20-28-38(29-21-34)50(7,8)9)55-57-46(53-42)40-14-13-15-41(52-40)47-54-43(33-18-26-37(27-19-33)49(4,5)6)45(56-58-47)35-22-30-39(31-23-35)51(10,11)12/h13-31H,1-12H3. The van der Waals surface area contributed by atoms with Crippen molar-refractivity contribution in [3.63, 3.8) is 0 Å². The van der Waals surface area contributed by atoms with Crippen LogP contribution in [0, 0.1) is 0 Å². The van der Waals surface area contributed by atoms with Crippen molar-refractivity contribution in [1.82, 2.24) is 35.3 Å². The second-order valence-electron chi connectivity index (χ2n) is 19.4. The van der Waals surface area contributed by atoms with Crippen molar-refractivity contribution < 1.29 is 0 Å². The minimum atomic E-state index is 0.0192. The Bertz CT molecular complexity index is 2370. The number of hydrogen-bond donors (Lipinski definition) is 0. The number of benzene rings is 4. The van der Waals surface area contributed by atoms with Gasteiger partial charge in [0.15, 0.2) is 0 Å². The lowest BCUT2D eigenvalue weighted by molar-refractivity contribution is 0.590. The molecule has 7 rings (SSSR count). The molecule has 0 saturated heterocycles. The van der Waals surface area contributed by atoms with Gasteiger partial charge in [0, 0.05) is 22.3 Å². The van der Waals surface area contributed by atoms with E-state index in [1.807, 2.05) is 18.2 Å². The molecular weight excluding hydrogens is 711 g/mol. The average Bonchev–Trinajstić information content (AvgIpc) is 3.19. The fourth-order valence-electron chi connectivity index (χ4n) is 6.86. The minimum absolute atomic E-state index is 0.0192. The van der Waals surface area contributed by atoms with Crippen molar-refractivity contribution in [3.8, 4) is 68.1 Å². The van der Waals surface area contributed by atoms with E-state index in [1.165, 1.54) is 22.3 Å². The van der Waals surface area contributed by atoms with Gasteiger partial charge in [-0.05, 0) is 56.0 Å². The SMILES string of the molecule is CC(C)(C)c1ccc(-c2nnc(-c3cccc(-c4nnc(-c5ccc(C(C)(C)C)cc5)c(-c5ccc(C(C)(C)C)cc5)n4)n3)nc2-c2ccc(C(C)(C)C)cc2)cc1. The van der Waals surface area contributed by atoms with Crippen molar-refractivity contribution in [2.75, 3.05) is 0 Å². The summed E-state index contributed by atoms with van der Waals surface area (Å²) in [7, 11) is 0. The smallest absolute Gasteiger partial charge is 0.201 e. The van der Waals surface area contributed by atoms with Gasteiger partial charge in [0.05, 0.1) is 0 Å². The number of aromatic nitrogens is 7. The second kappa shape index (κ2) is 15.1. The van der Waals surface area contributed by atoms with Crippen LogP contribution in [-0.2, 0) is 21.7 Å². The summed E-state index contributed by atoms with van der Waals surface area (Å²) in [6, 6.07) is 40.0. The Kier molecular flexibility index (Phi) is 10.5. The molecule has 0 aliphatic heterocycles. The van der Waals surface area contributed by atoms with E-state index < -0.39 is 0 Å². The van der Waals surface area contributed by atoms with Crippen LogP contribution >= 0.6 is 0 Å². The topological polar surface area (TPSA) is 90.2 Å². The molecule has 0 spiro atoms. The summed E-state index contributed by atoms with van der Waals surface area (Å²) in [5.74, 6) is 0.821. The monoisotopic (exact) mass is 765 g/mol. The Morgan fingerprint density at radius 1 is 0.276 bits per heavy atom. The van der Waals surface area contributed by atoms with Gasteiger partial charge in [0.25, 0.3) is 0 Å². The first kappa shape index (κ1) is 40.3. The molecule has 7 heteroatoms. The number of hydrogen-bond acceptors (Lipinski definition) is 7. The van der Waals surface area contributed by atoms with E-state index in [1.54, 1.807) is 0 Å². The molecule has 0 fully saturated rings. The predicted molar refractivity (Wildman–Crippen MR) is 238 cm³/mol.